The molecule has 0 aliphatic rings. The van der Waals surface area contributed by atoms with Gasteiger partial charge in [-0.25, -0.2) is 0 Å². The summed E-state index contributed by atoms with van der Waals surface area (Å²) in [6.45, 7) is 5.47. The zero-order valence-corrected chi connectivity index (χ0v) is 10.9. The molecule has 1 aromatic carbocycles. The van der Waals surface area contributed by atoms with E-state index < -0.39 is 0 Å². The molecule has 1 amide bonds. The Balaban J connectivity index is 2.62. The van der Waals surface area contributed by atoms with Crippen molar-refractivity contribution >= 4 is 5.91 Å². The molecule has 4 nitrogen and oxygen atoms in total. The first-order chi connectivity index (χ1) is 8.43. The van der Waals surface area contributed by atoms with Crippen molar-refractivity contribution in [1.29, 1.82) is 0 Å². The van der Waals surface area contributed by atoms with Gasteiger partial charge in [0, 0.05) is 11.6 Å². The van der Waals surface area contributed by atoms with Crippen LogP contribution in [0.2, 0.25) is 0 Å². The van der Waals surface area contributed by atoms with E-state index in [1.54, 1.807) is 19.1 Å². The maximum atomic E-state index is 11.6. The van der Waals surface area contributed by atoms with Crippen molar-refractivity contribution < 1.29 is 15.0 Å². The fourth-order valence-corrected chi connectivity index (χ4v) is 1.57. The molecule has 0 aliphatic heterocycles. The van der Waals surface area contributed by atoms with Gasteiger partial charge in [0.2, 0.25) is 5.91 Å². The summed E-state index contributed by atoms with van der Waals surface area (Å²) in [6.07, 6.45) is 2.35. The number of carbonyl (C=O) groups is 1. The molecular weight excluding hydrogens is 230 g/mol. The van der Waals surface area contributed by atoms with Crippen LogP contribution in [0.25, 0.3) is 0 Å². The van der Waals surface area contributed by atoms with Crippen molar-refractivity contribution in [2.24, 2.45) is 0 Å². The first kappa shape index (κ1) is 14.1. The van der Waals surface area contributed by atoms with Crippen LogP contribution in [0.5, 0.6) is 11.5 Å². The number of phenolic OH excluding ortho intramolecular Hbond substituents is 2. The van der Waals surface area contributed by atoms with Gasteiger partial charge in [0.05, 0.1) is 0 Å². The summed E-state index contributed by atoms with van der Waals surface area (Å²) in [5, 5.41) is 21.4. The molecule has 0 aromatic heterocycles. The molecule has 98 valence electrons. The smallest absolute Gasteiger partial charge is 0.246 e. The zero-order valence-electron chi connectivity index (χ0n) is 10.9. The zero-order chi connectivity index (χ0) is 13.7. The second kappa shape index (κ2) is 6.10. The van der Waals surface area contributed by atoms with E-state index in [9.17, 15) is 15.0 Å². The summed E-state index contributed by atoms with van der Waals surface area (Å²) in [4.78, 5) is 11.6. The quantitative estimate of drug-likeness (QED) is 0.565. The van der Waals surface area contributed by atoms with Crippen LogP contribution in [0.3, 0.4) is 0 Å². The fourth-order valence-electron chi connectivity index (χ4n) is 1.57. The van der Waals surface area contributed by atoms with Crippen LogP contribution in [0.1, 0.15) is 26.3 Å². The molecule has 0 saturated heterocycles. The fraction of sp³-hybridized carbons (Fsp3) is 0.357. The highest BCUT2D eigenvalue weighted by Crippen LogP contribution is 2.25. The summed E-state index contributed by atoms with van der Waals surface area (Å²) in [7, 11) is 0. The standard InChI is InChI=1S/C14H19NO3/c1-4-9(2)14(18)15-10(3)7-11-5-6-12(16)13(17)8-11/h4-6,8,10,16-17H,7H2,1-3H3,(H,15,18)/b9-4+. The third kappa shape index (κ3) is 3.80. The van der Waals surface area contributed by atoms with Crippen LogP contribution in [0, 0.1) is 0 Å². The largest absolute Gasteiger partial charge is 0.504 e. The number of aromatic hydroxyl groups is 2. The summed E-state index contributed by atoms with van der Waals surface area (Å²) in [6, 6.07) is 4.62. The van der Waals surface area contributed by atoms with E-state index in [2.05, 4.69) is 5.32 Å². The molecular formula is C14H19NO3. The Labute approximate surface area is 107 Å². The van der Waals surface area contributed by atoms with Crippen molar-refractivity contribution in [3.8, 4) is 11.5 Å². The third-order valence-corrected chi connectivity index (χ3v) is 2.75. The van der Waals surface area contributed by atoms with Crippen molar-refractivity contribution in [3.63, 3.8) is 0 Å². The Kier molecular flexibility index (Phi) is 4.77. The molecule has 1 rings (SSSR count). The number of amides is 1. The summed E-state index contributed by atoms with van der Waals surface area (Å²) in [5.41, 5.74) is 1.53. The highest BCUT2D eigenvalue weighted by Gasteiger charge is 2.10. The van der Waals surface area contributed by atoms with Crippen LogP contribution >= 0.6 is 0 Å². The van der Waals surface area contributed by atoms with E-state index in [1.807, 2.05) is 13.8 Å². The molecule has 18 heavy (non-hydrogen) atoms. The maximum Gasteiger partial charge on any atom is 0.246 e. The van der Waals surface area contributed by atoms with Gasteiger partial charge in [-0.05, 0) is 44.9 Å². The van der Waals surface area contributed by atoms with Gasteiger partial charge in [-0.1, -0.05) is 12.1 Å². The van der Waals surface area contributed by atoms with Crippen LogP contribution in [0.4, 0.5) is 0 Å². The van der Waals surface area contributed by atoms with Gasteiger partial charge in [-0.3, -0.25) is 4.79 Å². The number of carbonyl (C=O) groups excluding carboxylic acids is 1. The van der Waals surface area contributed by atoms with Crippen LogP contribution in [0.15, 0.2) is 29.8 Å². The van der Waals surface area contributed by atoms with Crippen molar-refractivity contribution in [2.75, 3.05) is 0 Å². The molecule has 0 saturated carbocycles. The molecule has 1 unspecified atom stereocenters. The molecule has 0 spiro atoms. The number of benzene rings is 1. The van der Waals surface area contributed by atoms with Crippen molar-refractivity contribution in [1.82, 2.24) is 5.32 Å². The first-order valence-electron chi connectivity index (χ1n) is 5.88. The predicted octanol–water partition coefficient (Wildman–Crippen LogP) is 2.11. The Morgan fingerprint density at radius 2 is 2.06 bits per heavy atom. The van der Waals surface area contributed by atoms with Gasteiger partial charge in [-0.2, -0.15) is 0 Å². The number of allylic oxidation sites excluding steroid dienone is 1. The topological polar surface area (TPSA) is 69.6 Å². The minimum atomic E-state index is -0.143. The highest BCUT2D eigenvalue weighted by molar-refractivity contribution is 5.92. The number of hydrogen-bond acceptors (Lipinski definition) is 3. The Morgan fingerprint density at radius 3 is 2.61 bits per heavy atom. The summed E-state index contributed by atoms with van der Waals surface area (Å²) >= 11 is 0. The number of nitrogens with one attached hydrogen (secondary N) is 1. The van der Waals surface area contributed by atoms with Crippen molar-refractivity contribution in [2.45, 2.75) is 33.2 Å². The van der Waals surface area contributed by atoms with Crippen LogP contribution in [-0.2, 0) is 11.2 Å². The van der Waals surface area contributed by atoms with Crippen LogP contribution in [-0.4, -0.2) is 22.2 Å². The minimum absolute atomic E-state index is 0.0451. The number of rotatable bonds is 4. The van der Waals surface area contributed by atoms with E-state index in [0.717, 1.165) is 5.56 Å². The molecule has 4 heteroatoms. The second-order valence-electron chi connectivity index (χ2n) is 4.37. The van der Waals surface area contributed by atoms with Gasteiger partial charge in [0.1, 0.15) is 0 Å². The SMILES string of the molecule is C/C=C(\C)C(=O)NC(C)Cc1ccc(O)c(O)c1. The highest BCUT2D eigenvalue weighted by atomic mass is 16.3. The Hall–Kier alpha value is -1.97. The molecule has 0 heterocycles. The lowest BCUT2D eigenvalue weighted by atomic mass is 10.1. The number of phenols is 2. The van der Waals surface area contributed by atoms with E-state index in [-0.39, 0.29) is 23.4 Å². The van der Waals surface area contributed by atoms with E-state index >= 15 is 0 Å². The lowest BCUT2D eigenvalue weighted by Gasteiger charge is -2.14. The molecule has 1 aromatic rings. The van der Waals surface area contributed by atoms with Gasteiger partial charge in [-0.15, -0.1) is 0 Å². The maximum absolute atomic E-state index is 11.6. The predicted molar refractivity (Wildman–Crippen MR) is 70.5 cm³/mol. The van der Waals surface area contributed by atoms with Gasteiger partial charge in [0.15, 0.2) is 11.5 Å². The first-order valence-corrected chi connectivity index (χ1v) is 5.88. The molecule has 0 aliphatic carbocycles. The van der Waals surface area contributed by atoms with Gasteiger partial charge >= 0.3 is 0 Å². The van der Waals surface area contributed by atoms with Crippen LogP contribution < -0.4 is 5.32 Å². The molecule has 0 bridgehead atoms. The Morgan fingerprint density at radius 1 is 1.39 bits per heavy atom. The molecule has 0 fully saturated rings. The summed E-state index contributed by atoms with van der Waals surface area (Å²) in [5.74, 6) is -0.371. The third-order valence-electron chi connectivity index (χ3n) is 2.75. The number of hydrogen-bond donors (Lipinski definition) is 3. The minimum Gasteiger partial charge on any atom is -0.504 e. The monoisotopic (exact) mass is 249 g/mol. The lowest BCUT2D eigenvalue weighted by molar-refractivity contribution is -0.118. The lowest BCUT2D eigenvalue weighted by Crippen LogP contribution is -2.34. The average Bonchev–Trinajstić information content (AvgIpc) is 2.32. The molecule has 3 N–H and O–H groups in total. The summed E-state index contributed by atoms with van der Waals surface area (Å²) < 4.78 is 0. The van der Waals surface area contributed by atoms with Gasteiger partial charge in [0.25, 0.3) is 0 Å². The normalized spacial score (nSPS) is 13.2. The Bertz CT molecular complexity index is 466. The van der Waals surface area contributed by atoms with E-state index in [4.69, 9.17) is 0 Å². The molecule has 0 radical (unpaired) electrons. The van der Waals surface area contributed by atoms with Gasteiger partial charge < -0.3 is 15.5 Å². The average molecular weight is 249 g/mol. The van der Waals surface area contributed by atoms with E-state index in [1.165, 1.54) is 12.1 Å². The van der Waals surface area contributed by atoms with E-state index in [0.29, 0.717) is 12.0 Å². The molecule has 1 atom stereocenters. The second-order valence-corrected chi connectivity index (χ2v) is 4.37. The van der Waals surface area contributed by atoms with Crippen molar-refractivity contribution in [3.05, 3.63) is 35.4 Å².